The number of nitrogens with one attached hydrogen (secondary N) is 1. The molecule has 0 spiro atoms. The second-order valence-corrected chi connectivity index (χ2v) is 6.72. The largest absolute Gasteiger partial charge is 0.355 e. The Balaban J connectivity index is 2.40. The summed E-state index contributed by atoms with van der Waals surface area (Å²) in [5.41, 5.74) is 7.75. The Morgan fingerprint density at radius 3 is 1.90 bits per heavy atom. The van der Waals surface area contributed by atoms with Gasteiger partial charge in [0.15, 0.2) is 0 Å². The number of aryl methyl sites for hydroxylation is 3. The Kier molecular flexibility index (Phi) is 3.89. The predicted molar refractivity (Wildman–Crippen MR) is 89.1 cm³/mol. The highest BCUT2D eigenvalue weighted by Gasteiger charge is 2.15. The quantitative estimate of drug-likeness (QED) is 0.741. The fourth-order valence-electron chi connectivity index (χ4n) is 2.24. The first kappa shape index (κ1) is 14.6. The van der Waals surface area contributed by atoms with Gasteiger partial charge in [-0.15, -0.1) is 0 Å². The summed E-state index contributed by atoms with van der Waals surface area (Å²) in [7, 11) is 0. The molecule has 0 aliphatic carbocycles. The van der Waals surface area contributed by atoms with Crippen LogP contribution >= 0.6 is 0 Å². The molecule has 0 aliphatic heterocycles. The lowest BCUT2D eigenvalue weighted by molar-refractivity contribution is 0.590. The monoisotopic (exact) mass is 267 g/mol. The summed E-state index contributed by atoms with van der Waals surface area (Å²) in [6.07, 6.45) is 0. The minimum absolute atomic E-state index is 0.172. The fraction of sp³-hybridized carbons (Fsp3) is 0.368. The zero-order valence-corrected chi connectivity index (χ0v) is 13.5. The molecule has 0 fully saturated rings. The minimum atomic E-state index is 0.172. The van der Waals surface area contributed by atoms with Crippen LogP contribution in [0.15, 0.2) is 36.4 Å². The highest BCUT2D eigenvalue weighted by Crippen LogP contribution is 2.29. The van der Waals surface area contributed by atoms with Gasteiger partial charge in [-0.05, 0) is 60.6 Å². The average molecular weight is 267 g/mol. The molecule has 0 radical (unpaired) electrons. The van der Waals surface area contributed by atoms with Crippen molar-refractivity contribution in [3.8, 4) is 0 Å². The molecular weight excluding hydrogens is 242 g/mol. The third-order valence-electron chi connectivity index (χ3n) is 3.77. The molecule has 1 N–H and O–H groups in total. The maximum absolute atomic E-state index is 3.59. The van der Waals surface area contributed by atoms with Crippen molar-refractivity contribution in [3.05, 3.63) is 58.7 Å². The zero-order chi connectivity index (χ0) is 14.9. The van der Waals surface area contributed by atoms with Gasteiger partial charge in [-0.2, -0.15) is 0 Å². The standard InChI is InChI=1S/C19H25N/c1-13-7-8-14(2)17(11-13)20-18-12-16(19(4,5)6)10-9-15(18)3/h7-12,20H,1-6H3. The molecule has 0 saturated heterocycles. The van der Waals surface area contributed by atoms with Crippen LogP contribution in [0.2, 0.25) is 0 Å². The number of anilines is 2. The Labute approximate surface area is 123 Å². The maximum atomic E-state index is 3.59. The van der Waals surface area contributed by atoms with Gasteiger partial charge in [-0.1, -0.05) is 45.0 Å². The molecule has 0 heterocycles. The van der Waals surface area contributed by atoms with E-state index in [1.54, 1.807) is 0 Å². The molecule has 0 aromatic heterocycles. The van der Waals surface area contributed by atoms with Gasteiger partial charge in [0.1, 0.15) is 0 Å². The molecule has 2 aromatic rings. The highest BCUT2D eigenvalue weighted by molar-refractivity contribution is 5.67. The van der Waals surface area contributed by atoms with Crippen molar-refractivity contribution < 1.29 is 0 Å². The smallest absolute Gasteiger partial charge is 0.0416 e. The van der Waals surface area contributed by atoms with E-state index in [2.05, 4.69) is 83.3 Å². The van der Waals surface area contributed by atoms with Crippen molar-refractivity contribution in [1.82, 2.24) is 0 Å². The van der Waals surface area contributed by atoms with Crippen molar-refractivity contribution in [1.29, 1.82) is 0 Å². The number of hydrogen-bond acceptors (Lipinski definition) is 1. The predicted octanol–water partition coefficient (Wildman–Crippen LogP) is 5.65. The molecule has 2 rings (SSSR count). The van der Waals surface area contributed by atoms with E-state index in [-0.39, 0.29) is 5.41 Å². The Hall–Kier alpha value is -1.76. The van der Waals surface area contributed by atoms with Gasteiger partial charge in [0.25, 0.3) is 0 Å². The van der Waals surface area contributed by atoms with Gasteiger partial charge in [0.2, 0.25) is 0 Å². The summed E-state index contributed by atoms with van der Waals surface area (Å²) < 4.78 is 0. The minimum Gasteiger partial charge on any atom is -0.355 e. The third kappa shape index (κ3) is 3.22. The van der Waals surface area contributed by atoms with Crippen molar-refractivity contribution in [2.24, 2.45) is 0 Å². The van der Waals surface area contributed by atoms with Gasteiger partial charge >= 0.3 is 0 Å². The van der Waals surface area contributed by atoms with E-state index in [1.807, 2.05) is 0 Å². The van der Waals surface area contributed by atoms with E-state index < -0.39 is 0 Å². The molecule has 2 aromatic carbocycles. The van der Waals surface area contributed by atoms with Crippen LogP contribution in [0.4, 0.5) is 11.4 Å². The molecule has 1 heteroatoms. The Morgan fingerprint density at radius 2 is 1.30 bits per heavy atom. The number of rotatable bonds is 2. The van der Waals surface area contributed by atoms with E-state index in [0.717, 1.165) is 0 Å². The van der Waals surface area contributed by atoms with Crippen LogP contribution in [0.1, 0.15) is 43.0 Å². The summed E-state index contributed by atoms with van der Waals surface area (Å²) in [6, 6.07) is 13.2. The average Bonchev–Trinajstić information content (AvgIpc) is 2.35. The maximum Gasteiger partial charge on any atom is 0.0416 e. The SMILES string of the molecule is Cc1ccc(C)c(Nc2cc(C(C)(C)C)ccc2C)c1. The molecule has 0 bridgehead atoms. The molecule has 0 unspecified atom stereocenters. The normalized spacial score (nSPS) is 11.5. The van der Waals surface area contributed by atoms with Crippen molar-refractivity contribution in [3.63, 3.8) is 0 Å². The van der Waals surface area contributed by atoms with E-state index in [0.29, 0.717) is 0 Å². The third-order valence-corrected chi connectivity index (χ3v) is 3.77. The van der Waals surface area contributed by atoms with Gasteiger partial charge in [0, 0.05) is 11.4 Å². The van der Waals surface area contributed by atoms with Crippen LogP contribution in [0.5, 0.6) is 0 Å². The Bertz CT molecular complexity index is 618. The van der Waals surface area contributed by atoms with Gasteiger partial charge in [-0.25, -0.2) is 0 Å². The van der Waals surface area contributed by atoms with Crippen LogP contribution in [0, 0.1) is 20.8 Å². The Morgan fingerprint density at radius 1 is 0.750 bits per heavy atom. The first-order valence-electron chi connectivity index (χ1n) is 7.23. The van der Waals surface area contributed by atoms with E-state index in [1.165, 1.54) is 33.6 Å². The summed E-state index contributed by atoms with van der Waals surface area (Å²) in [4.78, 5) is 0. The van der Waals surface area contributed by atoms with E-state index in [9.17, 15) is 0 Å². The van der Waals surface area contributed by atoms with Gasteiger partial charge in [-0.3, -0.25) is 0 Å². The summed E-state index contributed by atoms with van der Waals surface area (Å²) in [6.45, 7) is 13.2. The lowest BCUT2D eigenvalue weighted by Crippen LogP contribution is -2.11. The van der Waals surface area contributed by atoms with Crippen LogP contribution < -0.4 is 5.32 Å². The summed E-state index contributed by atoms with van der Waals surface area (Å²) in [5, 5.41) is 3.59. The first-order valence-corrected chi connectivity index (χ1v) is 7.23. The second kappa shape index (κ2) is 5.32. The first-order chi connectivity index (χ1) is 9.27. The van der Waals surface area contributed by atoms with Crippen LogP contribution in [0.3, 0.4) is 0 Å². The van der Waals surface area contributed by atoms with Crippen molar-refractivity contribution in [2.75, 3.05) is 5.32 Å². The molecular formula is C19H25N. The van der Waals surface area contributed by atoms with E-state index >= 15 is 0 Å². The molecule has 0 atom stereocenters. The van der Waals surface area contributed by atoms with Crippen LogP contribution in [-0.4, -0.2) is 0 Å². The summed E-state index contributed by atoms with van der Waals surface area (Å²) in [5.74, 6) is 0. The summed E-state index contributed by atoms with van der Waals surface area (Å²) >= 11 is 0. The van der Waals surface area contributed by atoms with Gasteiger partial charge in [0.05, 0.1) is 0 Å². The van der Waals surface area contributed by atoms with Crippen LogP contribution in [-0.2, 0) is 5.41 Å². The number of benzene rings is 2. The topological polar surface area (TPSA) is 12.0 Å². The van der Waals surface area contributed by atoms with Gasteiger partial charge < -0.3 is 5.32 Å². The molecule has 20 heavy (non-hydrogen) atoms. The molecule has 0 aliphatic rings. The lowest BCUT2D eigenvalue weighted by atomic mass is 9.86. The highest BCUT2D eigenvalue weighted by atomic mass is 14.9. The van der Waals surface area contributed by atoms with Crippen molar-refractivity contribution in [2.45, 2.75) is 47.0 Å². The fourth-order valence-corrected chi connectivity index (χ4v) is 2.24. The second-order valence-electron chi connectivity index (χ2n) is 6.72. The molecule has 1 nitrogen and oxygen atoms in total. The van der Waals surface area contributed by atoms with Crippen LogP contribution in [0.25, 0.3) is 0 Å². The number of hydrogen-bond donors (Lipinski definition) is 1. The lowest BCUT2D eigenvalue weighted by Gasteiger charge is -2.21. The molecule has 0 amide bonds. The zero-order valence-electron chi connectivity index (χ0n) is 13.5. The van der Waals surface area contributed by atoms with Crippen molar-refractivity contribution >= 4 is 11.4 Å². The van der Waals surface area contributed by atoms with E-state index in [4.69, 9.17) is 0 Å². The molecule has 106 valence electrons. The molecule has 0 saturated carbocycles.